The molecule has 1 aromatic carbocycles. The number of carbonyl (C=O) groups is 1. The fraction of sp³-hybridized carbons (Fsp3) is 0.320. The van der Waals surface area contributed by atoms with E-state index >= 15 is 0 Å². The number of aliphatic hydroxyl groups excluding tert-OH is 1. The normalized spacial score (nSPS) is 15.7. The van der Waals surface area contributed by atoms with Gasteiger partial charge in [0.05, 0.1) is 44.9 Å². The van der Waals surface area contributed by atoms with Gasteiger partial charge in [0.1, 0.15) is 17.2 Å². The van der Waals surface area contributed by atoms with E-state index in [1.807, 2.05) is 25.3 Å². The van der Waals surface area contributed by atoms with Crippen molar-refractivity contribution in [2.45, 2.75) is 13.0 Å². The summed E-state index contributed by atoms with van der Waals surface area (Å²) in [6.07, 6.45) is 3.29. The minimum absolute atomic E-state index is 0.155. The Hall–Kier alpha value is -3.85. The minimum Gasteiger partial charge on any atom is -0.497 e. The second-order valence-corrected chi connectivity index (χ2v) is 7.94. The molecule has 9 nitrogen and oxygen atoms in total. The zero-order chi connectivity index (χ0) is 24.1. The van der Waals surface area contributed by atoms with Crippen molar-refractivity contribution in [1.82, 2.24) is 14.9 Å². The highest BCUT2D eigenvalue weighted by Crippen LogP contribution is 2.32. The summed E-state index contributed by atoms with van der Waals surface area (Å²) < 4.78 is 16.5. The lowest BCUT2D eigenvalue weighted by Gasteiger charge is -2.41. The third-order valence-electron chi connectivity index (χ3n) is 5.77. The summed E-state index contributed by atoms with van der Waals surface area (Å²) in [5, 5.41) is 10.0. The van der Waals surface area contributed by atoms with Crippen molar-refractivity contribution in [2.24, 2.45) is 0 Å². The molecule has 1 amide bonds. The number of methoxy groups -OCH3 is 2. The predicted molar refractivity (Wildman–Crippen MR) is 127 cm³/mol. The molecule has 1 saturated heterocycles. The zero-order valence-corrected chi connectivity index (χ0v) is 19.5. The molecule has 3 heterocycles. The van der Waals surface area contributed by atoms with Crippen LogP contribution in [0.3, 0.4) is 0 Å². The maximum atomic E-state index is 13.3. The van der Waals surface area contributed by atoms with Crippen LogP contribution >= 0.6 is 0 Å². The van der Waals surface area contributed by atoms with Crippen molar-refractivity contribution in [3.8, 4) is 23.0 Å². The van der Waals surface area contributed by atoms with Gasteiger partial charge in [0.25, 0.3) is 5.91 Å². The Morgan fingerprint density at radius 2 is 1.76 bits per heavy atom. The number of amides is 1. The molecule has 0 radical (unpaired) electrons. The van der Waals surface area contributed by atoms with Gasteiger partial charge >= 0.3 is 0 Å². The first kappa shape index (κ1) is 23.3. The van der Waals surface area contributed by atoms with Gasteiger partial charge in [-0.1, -0.05) is 0 Å². The maximum absolute atomic E-state index is 13.3. The molecule has 178 valence electrons. The Labute approximate surface area is 198 Å². The molecule has 0 saturated carbocycles. The van der Waals surface area contributed by atoms with Gasteiger partial charge in [-0.15, -0.1) is 0 Å². The van der Waals surface area contributed by atoms with E-state index in [9.17, 15) is 9.90 Å². The van der Waals surface area contributed by atoms with Crippen LogP contribution in [0.4, 0.5) is 5.69 Å². The fourth-order valence-electron chi connectivity index (χ4n) is 3.86. The molecule has 0 bridgehead atoms. The number of ether oxygens (including phenoxy) is 3. The summed E-state index contributed by atoms with van der Waals surface area (Å²) in [5.41, 5.74) is 2.13. The molecular weight excluding hydrogens is 436 g/mol. The predicted octanol–water partition coefficient (Wildman–Crippen LogP) is 2.92. The summed E-state index contributed by atoms with van der Waals surface area (Å²) in [7, 11) is 3.11. The smallest absolute Gasteiger partial charge is 0.273 e. The van der Waals surface area contributed by atoms with E-state index in [1.54, 1.807) is 42.3 Å². The van der Waals surface area contributed by atoms with Gasteiger partial charge in [-0.25, -0.2) is 4.98 Å². The number of carbonyl (C=O) groups excluding carboxylic acids is 1. The number of aromatic nitrogens is 2. The van der Waals surface area contributed by atoms with E-state index in [4.69, 9.17) is 14.2 Å². The quantitative estimate of drug-likeness (QED) is 0.570. The SMILES string of the molecule is COc1ccc(Oc2cnc(C(=O)N3CCN(c4ccc(C)nc4)C[C@@H]3CO)cc2OC)cc1. The second kappa shape index (κ2) is 10.4. The van der Waals surface area contributed by atoms with Crippen LogP contribution in [0.15, 0.2) is 54.9 Å². The molecule has 0 spiro atoms. The number of hydrogen-bond acceptors (Lipinski definition) is 8. The summed E-state index contributed by atoms with van der Waals surface area (Å²) >= 11 is 0. The number of benzene rings is 1. The van der Waals surface area contributed by atoms with Crippen molar-refractivity contribution < 1.29 is 24.1 Å². The lowest BCUT2D eigenvalue weighted by atomic mass is 10.1. The van der Waals surface area contributed by atoms with Crippen LogP contribution in [0.2, 0.25) is 0 Å². The molecule has 1 aliphatic heterocycles. The first-order valence-electron chi connectivity index (χ1n) is 11.0. The molecule has 0 aliphatic carbocycles. The number of piperazine rings is 1. The number of rotatable bonds is 7. The molecule has 0 unspecified atom stereocenters. The number of anilines is 1. The largest absolute Gasteiger partial charge is 0.497 e. The summed E-state index contributed by atoms with van der Waals surface area (Å²) in [4.78, 5) is 25.7. The lowest BCUT2D eigenvalue weighted by Crippen LogP contribution is -2.57. The van der Waals surface area contributed by atoms with Gasteiger partial charge in [-0.05, 0) is 43.3 Å². The van der Waals surface area contributed by atoms with Gasteiger partial charge in [-0.2, -0.15) is 0 Å². The molecule has 1 N–H and O–H groups in total. The molecule has 1 aliphatic rings. The first-order chi connectivity index (χ1) is 16.5. The monoisotopic (exact) mass is 464 g/mol. The van der Waals surface area contributed by atoms with E-state index in [-0.39, 0.29) is 24.2 Å². The Morgan fingerprint density at radius 3 is 2.41 bits per heavy atom. The highest BCUT2D eigenvalue weighted by Gasteiger charge is 2.32. The first-order valence-corrected chi connectivity index (χ1v) is 11.0. The highest BCUT2D eigenvalue weighted by atomic mass is 16.5. The number of hydrogen-bond donors (Lipinski definition) is 1. The number of aryl methyl sites for hydroxylation is 1. The Kier molecular flexibility index (Phi) is 7.12. The van der Waals surface area contributed by atoms with Crippen LogP contribution in [-0.2, 0) is 0 Å². The summed E-state index contributed by atoms with van der Waals surface area (Å²) in [5.74, 6) is 1.81. The zero-order valence-electron chi connectivity index (χ0n) is 19.5. The van der Waals surface area contributed by atoms with Gasteiger partial charge in [0, 0.05) is 31.4 Å². The second-order valence-electron chi connectivity index (χ2n) is 7.94. The fourth-order valence-corrected chi connectivity index (χ4v) is 3.86. The molecule has 1 atom stereocenters. The van der Waals surface area contributed by atoms with Crippen molar-refractivity contribution >= 4 is 11.6 Å². The standard InChI is InChI=1S/C25H28N4O5/c1-17-4-5-18(13-26-17)28-10-11-29(19(15-28)16-30)25(31)22-12-23(33-3)24(14-27-22)34-21-8-6-20(32-2)7-9-21/h4-9,12-14,19,30H,10-11,15-16H2,1-3H3/t19-/m1/s1. The van der Waals surface area contributed by atoms with Crippen LogP contribution in [0.25, 0.3) is 0 Å². The third kappa shape index (κ3) is 5.04. The minimum atomic E-state index is -0.370. The molecule has 34 heavy (non-hydrogen) atoms. The van der Waals surface area contributed by atoms with Crippen molar-refractivity contribution in [2.75, 3.05) is 45.4 Å². The molecule has 3 aromatic rings. The van der Waals surface area contributed by atoms with Gasteiger partial charge < -0.3 is 29.1 Å². The van der Waals surface area contributed by atoms with Gasteiger partial charge in [0.15, 0.2) is 11.5 Å². The van der Waals surface area contributed by atoms with E-state index in [2.05, 4.69) is 14.9 Å². The van der Waals surface area contributed by atoms with E-state index in [0.29, 0.717) is 36.9 Å². The van der Waals surface area contributed by atoms with E-state index < -0.39 is 0 Å². The Morgan fingerprint density at radius 1 is 1.00 bits per heavy atom. The maximum Gasteiger partial charge on any atom is 0.273 e. The molecular formula is C25H28N4O5. The van der Waals surface area contributed by atoms with Crippen LogP contribution in [0.5, 0.6) is 23.0 Å². The topological polar surface area (TPSA) is 97.3 Å². The van der Waals surface area contributed by atoms with Crippen LogP contribution < -0.4 is 19.1 Å². The Bertz CT molecular complexity index is 1120. The van der Waals surface area contributed by atoms with Crippen molar-refractivity contribution in [3.63, 3.8) is 0 Å². The molecule has 2 aromatic heterocycles. The molecule has 1 fully saturated rings. The number of pyridine rings is 2. The average molecular weight is 465 g/mol. The Balaban J connectivity index is 1.48. The van der Waals surface area contributed by atoms with Gasteiger partial charge in [-0.3, -0.25) is 9.78 Å². The summed E-state index contributed by atoms with van der Waals surface area (Å²) in [6, 6.07) is 12.3. The molecule has 9 heteroatoms. The van der Waals surface area contributed by atoms with E-state index in [1.165, 1.54) is 13.3 Å². The van der Waals surface area contributed by atoms with Crippen LogP contribution in [0.1, 0.15) is 16.2 Å². The number of nitrogens with zero attached hydrogens (tertiary/aromatic N) is 4. The van der Waals surface area contributed by atoms with Crippen molar-refractivity contribution in [1.29, 1.82) is 0 Å². The van der Waals surface area contributed by atoms with Crippen LogP contribution in [-0.4, -0.2) is 72.4 Å². The summed E-state index contributed by atoms with van der Waals surface area (Å²) in [6.45, 7) is 3.36. The van der Waals surface area contributed by atoms with Gasteiger partial charge in [0.2, 0.25) is 0 Å². The molecule has 4 rings (SSSR count). The van der Waals surface area contributed by atoms with Crippen LogP contribution in [0, 0.1) is 6.92 Å². The highest BCUT2D eigenvalue weighted by molar-refractivity contribution is 5.93. The third-order valence-corrected chi connectivity index (χ3v) is 5.77. The average Bonchev–Trinajstić information content (AvgIpc) is 2.89. The number of aliphatic hydroxyl groups is 1. The lowest BCUT2D eigenvalue weighted by molar-refractivity contribution is 0.0559. The van der Waals surface area contributed by atoms with E-state index in [0.717, 1.165) is 17.1 Å². The van der Waals surface area contributed by atoms with Crippen molar-refractivity contribution in [3.05, 3.63) is 66.2 Å².